The molecular formula is C14H12ClN3O. The van der Waals surface area contributed by atoms with E-state index in [9.17, 15) is 4.79 Å². The molecule has 1 aromatic carbocycles. The molecule has 0 saturated heterocycles. The number of aromatic nitrogens is 3. The Balaban J connectivity index is 2.34. The van der Waals surface area contributed by atoms with Crippen molar-refractivity contribution in [1.82, 2.24) is 15.2 Å². The zero-order chi connectivity index (χ0) is 13.6. The van der Waals surface area contributed by atoms with E-state index < -0.39 is 0 Å². The van der Waals surface area contributed by atoms with E-state index in [1.807, 2.05) is 32.0 Å². The smallest absolute Gasteiger partial charge is 0.207 e. The Kier molecular flexibility index (Phi) is 2.68. The Morgan fingerprint density at radius 1 is 1.16 bits per heavy atom. The highest BCUT2D eigenvalue weighted by molar-refractivity contribution is 6.33. The summed E-state index contributed by atoms with van der Waals surface area (Å²) in [7, 11) is 0. The predicted octanol–water partition coefficient (Wildman–Crippen LogP) is 3.19. The first-order valence-corrected chi connectivity index (χ1v) is 6.28. The zero-order valence-electron chi connectivity index (χ0n) is 10.5. The van der Waals surface area contributed by atoms with Gasteiger partial charge >= 0.3 is 0 Å². The van der Waals surface area contributed by atoms with Gasteiger partial charge in [0.05, 0.1) is 10.5 Å². The summed E-state index contributed by atoms with van der Waals surface area (Å²) in [6.07, 6.45) is 0. The standard InChI is InChI=1S/C14H12ClN3O/c1-7-3-4-9(10(15)5-7)12-14-13(18-17-12)11(19)6-8(2)16-14/h3-6H,1-2H3,(H,16,19)(H,17,18). The van der Waals surface area contributed by atoms with Crippen LogP contribution in [0.2, 0.25) is 5.02 Å². The molecule has 2 aromatic heterocycles. The van der Waals surface area contributed by atoms with Gasteiger partial charge in [-0.1, -0.05) is 23.7 Å². The molecule has 0 fully saturated rings. The first-order chi connectivity index (χ1) is 9.06. The lowest BCUT2D eigenvalue weighted by Crippen LogP contribution is -2.02. The molecule has 0 radical (unpaired) electrons. The van der Waals surface area contributed by atoms with Gasteiger partial charge in [0.15, 0.2) is 0 Å². The number of aryl methyl sites for hydroxylation is 2. The van der Waals surface area contributed by atoms with Crippen LogP contribution in [-0.4, -0.2) is 15.2 Å². The van der Waals surface area contributed by atoms with E-state index in [1.165, 1.54) is 0 Å². The third kappa shape index (κ3) is 1.94. The Hall–Kier alpha value is -2.07. The fourth-order valence-electron chi connectivity index (χ4n) is 2.15. The lowest BCUT2D eigenvalue weighted by atomic mass is 10.1. The van der Waals surface area contributed by atoms with Crippen LogP contribution in [0, 0.1) is 13.8 Å². The monoisotopic (exact) mass is 273 g/mol. The average Bonchev–Trinajstić information content (AvgIpc) is 2.73. The first kappa shape index (κ1) is 12.0. The normalized spacial score (nSPS) is 11.1. The highest BCUT2D eigenvalue weighted by Gasteiger charge is 2.14. The molecule has 2 heterocycles. The Morgan fingerprint density at radius 3 is 2.68 bits per heavy atom. The van der Waals surface area contributed by atoms with Crippen LogP contribution in [0.25, 0.3) is 22.3 Å². The van der Waals surface area contributed by atoms with Gasteiger partial charge in [0.1, 0.15) is 11.2 Å². The van der Waals surface area contributed by atoms with Gasteiger partial charge in [0.2, 0.25) is 5.43 Å². The number of pyridine rings is 1. The molecule has 0 bridgehead atoms. The van der Waals surface area contributed by atoms with Gasteiger partial charge in [0, 0.05) is 17.3 Å². The summed E-state index contributed by atoms with van der Waals surface area (Å²) in [6.45, 7) is 3.82. The second-order valence-electron chi connectivity index (χ2n) is 4.62. The van der Waals surface area contributed by atoms with E-state index in [0.717, 1.165) is 16.8 Å². The van der Waals surface area contributed by atoms with E-state index in [1.54, 1.807) is 6.07 Å². The van der Waals surface area contributed by atoms with E-state index in [0.29, 0.717) is 21.7 Å². The van der Waals surface area contributed by atoms with Crippen LogP contribution in [0.3, 0.4) is 0 Å². The number of aromatic amines is 2. The molecule has 0 atom stereocenters. The number of hydrogen-bond acceptors (Lipinski definition) is 2. The summed E-state index contributed by atoms with van der Waals surface area (Å²) in [6, 6.07) is 7.30. The molecule has 5 heteroatoms. The predicted molar refractivity (Wildman–Crippen MR) is 76.6 cm³/mol. The van der Waals surface area contributed by atoms with Crippen LogP contribution in [0.5, 0.6) is 0 Å². The molecule has 0 aliphatic carbocycles. The Bertz CT molecular complexity index is 832. The van der Waals surface area contributed by atoms with Crippen molar-refractivity contribution >= 4 is 22.6 Å². The first-order valence-electron chi connectivity index (χ1n) is 5.91. The molecule has 0 aliphatic rings. The van der Waals surface area contributed by atoms with Crippen LogP contribution in [0.1, 0.15) is 11.3 Å². The molecule has 0 aliphatic heterocycles. The van der Waals surface area contributed by atoms with Gasteiger partial charge in [-0.25, -0.2) is 0 Å². The summed E-state index contributed by atoms with van der Waals surface area (Å²) in [5.74, 6) is 0. The van der Waals surface area contributed by atoms with Crippen molar-refractivity contribution in [3.05, 3.63) is 50.8 Å². The van der Waals surface area contributed by atoms with Gasteiger partial charge in [-0.05, 0) is 25.5 Å². The van der Waals surface area contributed by atoms with Gasteiger partial charge in [-0.2, -0.15) is 5.10 Å². The number of hydrogen-bond donors (Lipinski definition) is 2. The minimum atomic E-state index is -0.0757. The molecule has 0 spiro atoms. The minimum absolute atomic E-state index is 0.0757. The van der Waals surface area contributed by atoms with Crippen LogP contribution in [0.15, 0.2) is 29.1 Å². The maximum atomic E-state index is 11.9. The minimum Gasteiger partial charge on any atom is -0.355 e. The molecular weight excluding hydrogens is 262 g/mol. The molecule has 4 nitrogen and oxygen atoms in total. The van der Waals surface area contributed by atoms with Crippen molar-refractivity contribution in [3.63, 3.8) is 0 Å². The third-order valence-corrected chi connectivity index (χ3v) is 3.37. The van der Waals surface area contributed by atoms with Gasteiger partial charge in [0.25, 0.3) is 0 Å². The summed E-state index contributed by atoms with van der Waals surface area (Å²) >= 11 is 6.26. The van der Waals surface area contributed by atoms with E-state index in [4.69, 9.17) is 11.6 Å². The Morgan fingerprint density at radius 2 is 1.95 bits per heavy atom. The van der Waals surface area contributed by atoms with Crippen LogP contribution in [0.4, 0.5) is 0 Å². The van der Waals surface area contributed by atoms with Gasteiger partial charge in [-0.15, -0.1) is 0 Å². The molecule has 0 unspecified atom stereocenters. The second kappa shape index (κ2) is 4.24. The van der Waals surface area contributed by atoms with Crippen molar-refractivity contribution < 1.29 is 0 Å². The summed E-state index contributed by atoms with van der Waals surface area (Å²) in [4.78, 5) is 15.0. The van der Waals surface area contributed by atoms with E-state index >= 15 is 0 Å². The van der Waals surface area contributed by atoms with E-state index in [-0.39, 0.29) is 5.43 Å². The highest BCUT2D eigenvalue weighted by Crippen LogP contribution is 2.30. The summed E-state index contributed by atoms with van der Waals surface area (Å²) < 4.78 is 0. The molecule has 3 aromatic rings. The quantitative estimate of drug-likeness (QED) is 0.715. The van der Waals surface area contributed by atoms with Crippen molar-refractivity contribution in [2.75, 3.05) is 0 Å². The maximum Gasteiger partial charge on any atom is 0.207 e. The van der Waals surface area contributed by atoms with Crippen molar-refractivity contribution in [3.8, 4) is 11.3 Å². The maximum absolute atomic E-state index is 11.9. The fourth-order valence-corrected chi connectivity index (χ4v) is 2.48. The second-order valence-corrected chi connectivity index (χ2v) is 5.03. The van der Waals surface area contributed by atoms with Crippen molar-refractivity contribution in [1.29, 1.82) is 0 Å². The van der Waals surface area contributed by atoms with Crippen LogP contribution < -0.4 is 5.43 Å². The zero-order valence-corrected chi connectivity index (χ0v) is 11.3. The highest BCUT2D eigenvalue weighted by atomic mass is 35.5. The largest absolute Gasteiger partial charge is 0.355 e. The topological polar surface area (TPSA) is 61.5 Å². The number of fused-ring (bicyclic) bond motifs is 1. The van der Waals surface area contributed by atoms with Crippen molar-refractivity contribution in [2.24, 2.45) is 0 Å². The molecule has 96 valence electrons. The van der Waals surface area contributed by atoms with Gasteiger partial charge < -0.3 is 4.98 Å². The fraction of sp³-hybridized carbons (Fsp3) is 0.143. The Labute approximate surface area is 114 Å². The average molecular weight is 274 g/mol. The summed E-state index contributed by atoms with van der Waals surface area (Å²) in [5.41, 5.74) is 4.43. The SMILES string of the molecule is Cc1ccc(-c2n[nH]c3c(=O)cc(C)[nH]c23)c(Cl)c1. The number of nitrogens with one attached hydrogen (secondary N) is 2. The number of nitrogens with zero attached hydrogens (tertiary/aromatic N) is 1. The number of benzene rings is 1. The molecule has 2 N–H and O–H groups in total. The van der Waals surface area contributed by atoms with Gasteiger partial charge in [-0.3, -0.25) is 9.89 Å². The lowest BCUT2D eigenvalue weighted by molar-refractivity contribution is 1.12. The molecule has 0 amide bonds. The van der Waals surface area contributed by atoms with Crippen LogP contribution >= 0.6 is 11.6 Å². The van der Waals surface area contributed by atoms with Crippen molar-refractivity contribution in [2.45, 2.75) is 13.8 Å². The van der Waals surface area contributed by atoms with Crippen LogP contribution in [-0.2, 0) is 0 Å². The molecule has 19 heavy (non-hydrogen) atoms. The van der Waals surface area contributed by atoms with E-state index in [2.05, 4.69) is 15.2 Å². The molecule has 0 saturated carbocycles. The number of halogens is 1. The number of H-pyrrole nitrogens is 2. The number of rotatable bonds is 1. The summed E-state index contributed by atoms with van der Waals surface area (Å²) in [5, 5.41) is 7.61. The lowest BCUT2D eigenvalue weighted by Gasteiger charge is -2.03. The molecule has 3 rings (SSSR count). The third-order valence-electron chi connectivity index (χ3n) is 3.06.